The van der Waals surface area contributed by atoms with E-state index in [0.29, 0.717) is 12.8 Å². The summed E-state index contributed by atoms with van der Waals surface area (Å²) >= 11 is 0. The van der Waals surface area contributed by atoms with Crippen molar-refractivity contribution in [3.63, 3.8) is 0 Å². The second kappa shape index (κ2) is 10.7. The molecule has 2 aliphatic rings. The molecule has 0 bridgehead atoms. The van der Waals surface area contributed by atoms with E-state index in [4.69, 9.17) is 14.7 Å². The standard InChI is InChI=1S/C26H30N2O6/c1-28(34-16-24(29)30)25(31)21-13-3-2-4-14-23(21)27-26(32)33-15-22-19-11-7-5-9-17(19)18-10-6-8-12-20(18)22/h5-12,21-23H,2-4,13-16H2,1H3,(H,27,32)(H,29,30). The average molecular weight is 467 g/mol. The lowest BCUT2D eigenvalue weighted by molar-refractivity contribution is -0.190. The van der Waals surface area contributed by atoms with Gasteiger partial charge in [0.05, 0.1) is 5.92 Å². The van der Waals surface area contributed by atoms with Gasteiger partial charge in [0.1, 0.15) is 6.61 Å². The third-order valence-corrected chi connectivity index (χ3v) is 6.67. The van der Waals surface area contributed by atoms with Crippen molar-refractivity contribution < 1.29 is 29.1 Å². The predicted octanol–water partition coefficient (Wildman–Crippen LogP) is 3.95. The van der Waals surface area contributed by atoms with Crippen LogP contribution in [-0.2, 0) is 19.2 Å². The number of carboxylic acids is 1. The lowest BCUT2D eigenvalue weighted by atomic mass is 9.94. The van der Waals surface area contributed by atoms with Gasteiger partial charge in [0.2, 0.25) is 0 Å². The molecular weight excluding hydrogens is 436 g/mol. The highest BCUT2D eigenvalue weighted by atomic mass is 16.7. The lowest BCUT2D eigenvalue weighted by Crippen LogP contribution is -2.47. The topological polar surface area (TPSA) is 105 Å². The monoisotopic (exact) mass is 466 g/mol. The number of hydroxylamine groups is 2. The predicted molar refractivity (Wildman–Crippen MR) is 125 cm³/mol. The highest BCUT2D eigenvalue weighted by Gasteiger charge is 2.34. The van der Waals surface area contributed by atoms with Crippen LogP contribution in [0.4, 0.5) is 4.79 Å². The van der Waals surface area contributed by atoms with Gasteiger partial charge in [0, 0.05) is 19.0 Å². The molecule has 34 heavy (non-hydrogen) atoms. The Bertz CT molecular complexity index is 1010. The number of rotatable bonds is 7. The van der Waals surface area contributed by atoms with Crippen LogP contribution in [0.5, 0.6) is 0 Å². The Labute approximate surface area is 198 Å². The zero-order valence-electron chi connectivity index (χ0n) is 19.2. The van der Waals surface area contributed by atoms with E-state index >= 15 is 0 Å². The highest BCUT2D eigenvalue weighted by Crippen LogP contribution is 2.44. The van der Waals surface area contributed by atoms with Gasteiger partial charge in [0.25, 0.3) is 5.91 Å². The molecule has 0 spiro atoms. The second-order valence-electron chi connectivity index (χ2n) is 8.82. The number of carbonyl (C=O) groups excluding carboxylic acids is 2. The molecule has 4 rings (SSSR count). The first-order chi connectivity index (χ1) is 16.5. The van der Waals surface area contributed by atoms with Crippen LogP contribution in [-0.4, -0.2) is 54.4 Å². The smallest absolute Gasteiger partial charge is 0.407 e. The molecule has 2 N–H and O–H groups in total. The quantitative estimate of drug-likeness (QED) is 0.473. The van der Waals surface area contributed by atoms with E-state index in [9.17, 15) is 14.4 Å². The minimum absolute atomic E-state index is 0.0414. The van der Waals surface area contributed by atoms with Crippen molar-refractivity contribution in [3.05, 3.63) is 59.7 Å². The van der Waals surface area contributed by atoms with Gasteiger partial charge in [-0.1, -0.05) is 67.8 Å². The fourth-order valence-electron chi connectivity index (χ4n) is 5.02. The Balaban J connectivity index is 1.40. The lowest BCUT2D eigenvalue weighted by Gasteiger charge is -2.28. The third-order valence-electron chi connectivity index (χ3n) is 6.67. The molecule has 2 aliphatic carbocycles. The van der Waals surface area contributed by atoms with Crippen molar-refractivity contribution in [1.82, 2.24) is 10.4 Å². The van der Waals surface area contributed by atoms with Crippen LogP contribution < -0.4 is 5.32 Å². The summed E-state index contributed by atoms with van der Waals surface area (Å²) in [6.45, 7) is -0.397. The van der Waals surface area contributed by atoms with Gasteiger partial charge in [-0.3, -0.25) is 9.63 Å². The number of hydrogen-bond acceptors (Lipinski definition) is 5. The molecule has 2 aromatic rings. The summed E-state index contributed by atoms with van der Waals surface area (Å²) in [4.78, 5) is 41.5. The van der Waals surface area contributed by atoms with Gasteiger partial charge in [0.15, 0.2) is 6.61 Å². The molecule has 180 valence electrons. The third kappa shape index (κ3) is 5.22. The Kier molecular flexibility index (Phi) is 7.47. The van der Waals surface area contributed by atoms with E-state index < -0.39 is 30.6 Å². The molecule has 8 nitrogen and oxygen atoms in total. The first-order valence-corrected chi connectivity index (χ1v) is 11.7. The van der Waals surface area contributed by atoms with E-state index in [-0.39, 0.29) is 18.4 Å². The van der Waals surface area contributed by atoms with E-state index in [1.807, 2.05) is 24.3 Å². The van der Waals surface area contributed by atoms with Crippen molar-refractivity contribution >= 4 is 18.0 Å². The number of carbonyl (C=O) groups is 3. The Hall–Kier alpha value is -3.39. The largest absolute Gasteiger partial charge is 0.479 e. The van der Waals surface area contributed by atoms with Crippen LogP contribution >= 0.6 is 0 Å². The molecular formula is C26H30N2O6. The van der Waals surface area contributed by atoms with Crippen molar-refractivity contribution in [2.45, 2.75) is 44.1 Å². The summed E-state index contributed by atoms with van der Waals surface area (Å²) in [6.07, 6.45) is 3.39. The van der Waals surface area contributed by atoms with Crippen LogP contribution in [0.2, 0.25) is 0 Å². The normalized spacial score (nSPS) is 19.4. The van der Waals surface area contributed by atoms with Gasteiger partial charge in [-0.05, 0) is 35.1 Å². The first-order valence-electron chi connectivity index (χ1n) is 11.7. The number of carboxylic acid groups (broad SMARTS) is 1. The van der Waals surface area contributed by atoms with Gasteiger partial charge in [-0.25, -0.2) is 14.7 Å². The van der Waals surface area contributed by atoms with Gasteiger partial charge in [-0.2, -0.15) is 0 Å². The number of nitrogens with zero attached hydrogens (tertiary/aromatic N) is 1. The molecule has 2 unspecified atom stereocenters. The van der Waals surface area contributed by atoms with Crippen molar-refractivity contribution in [2.75, 3.05) is 20.3 Å². The van der Waals surface area contributed by atoms with Crippen LogP contribution in [0.25, 0.3) is 11.1 Å². The summed E-state index contributed by atoms with van der Waals surface area (Å²) in [6, 6.07) is 15.9. The van der Waals surface area contributed by atoms with E-state index in [1.165, 1.54) is 7.05 Å². The average Bonchev–Trinajstić information content (AvgIpc) is 2.97. The van der Waals surface area contributed by atoms with Crippen molar-refractivity contribution in [1.29, 1.82) is 0 Å². The fourth-order valence-corrected chi connectivity index (χ4v) is 5.02. The van der Waals surface area contributed by atoms with E-state index in [1.54, 1.807) is 0 Å². The molecule has 0 aliphatic heterocycles. The van der Waals surface area contributed by atoms with Gasteiger partial charge >= 0.3 is 12.1 Å². The van der Waals surface area contributed by atoms with E-state index in [0.717, 1.165) is 46.6 Å². The molecule has 0 aromatic heterocycles. The maximum atomic E-state index is 12.9. The molecule has 1 fully saturated rings. The summed E-state index contributed by atoms with van der Waals surface area (Å²) in [5, 5.41) is 12.7. The number of ether oxygens (including phenoxy) is 1. The second-order valence-corrected chi connectivity index (χ2v) is 8.82. The number of amides is 2. The molecule has 2 aromatic carbocycles. The number of alkyl carbamates (subject to hydrolysis) is 1. The van der Waals surface area contributed by atoms with Crippen molar-refractivity contribution in [2.24, 2.45) is 5.92 Å². The summed E-state index contributed by atoms with van der Waals surface area (Å²) in [7, 11) is 1.40. The zero-order valence-corrected chi connectivity index (χ0v) is 19.2. The number of nitrogens with one attached hydrogen (secondary N) is 1. The number of aliphatic carboxylic acids is 1. The number of benzene rings is 2. The first kappa shape index (κ1) is 23.8. The number of hydrogen-bond donors (Lipinski definition) is 2. The molecule has 0 radical (unpaired) electrons. The fraction of sp³-hybridized carbons (Fsp3) is 0.423. The summed E-state index contributed by atoms with van der Waals surface area (Å²) in [5.74, 6) is -2.04. The highest BCUT2D eigenvalue weighted by molar-refractivity contribution is 5.80. The Morgan fingerprint density at radius 1 is 0.971 bits per heavy atom. The molecule has 0 saturated heterocycles. The molecule has 0 heterocycles. The Morgan fingerprint density at radius 3 is 2.24 bits per heavy atom. The molecule has 2 amide bonds. The maximum absolute atomic E-state index is 12.9. The summed E-state index contributed by atoms with van der Waals surface area (Å²) < 4.78 is 5.67. The van der Waals surface area contributed by atoms with Crippen molar-refractivity contribution in [3.8, 4) is 11.1 Å². The molecule has 2 atom stereocenters. The minimum Gasteiger partial charge on any atom is -0.479 e. The Morgan fingerprint density at radius 2 is 1.59 bits per heavy atom. The molecule has 8 heteroatoms. The maximum Gasteiger partial charge on any atom is 0.407 e. The van der Waals surface area contributed by atoms with Crippen LogP contribution in [0.15, 0.2) is 48.5 Å². The minimum atomic E-state index is -1.16. The van der Waals surface area contributed by atoms with Gasteiger partial charge in [-0.15, -0.1) is 0 Å². The SMILES string of the molecule is CN(OCC(=O)O)C(=O)C1CCCCCC1NC(=O)OCC1c2ccccc2-c2ccccc21. The zero-order chi connectivity index (χ0) is 24.1. The van der Waals surface area contributed by atoms with Crippen LogP contribution in [0, 0.1) is 5.92 Å². The number of fused-ring (bicyclic) bond motifs is 3. The van der Waals surface area contributed by atoms with Crippen LogP contribution in [0.1, 0.15) is 49.1 Å². The van der Waals surface area contributed by atoms with E-state index in [2.05, 4.69) is 29.6 Å². The molecule has 1 saturated carbocycles. The van der Waals surface area contributed by atoms with Gasteiger partial charge < -0.3 is 15.2 Å². The van der Waals surface area contributed by atoms with Crippen LogP contribution in [0.3, 0.4) is 0 Å². The summed E-state index contributed by atoms with van der Waals surface area (Å²) in [5.41, 5.74) is 4.59.